The van der Waals surface area contributed by atoms with Gasteiger partial charge < -0.3 is 24.1 Å². The van der Waals surface area contributed by atoms with Gasteiger partial charge in [0.25, 0.3) is 0 Å². The molecule has 3 heterocycles. The van der Waals surface area contributed by atoms with Gasteiger partial charge in [-0.05, 0) is 69.5 Å². The topological polar surface area (TPSA) is 74.5 Å². The van der Waals surface area contributed by atoms with Crippen molar-refractivity contribution in [3.8, 4) is 17.3 Å². The van der Waals surface area contributed by atoms with Crippen molar-refractivity contribution in [1.82, 2.24) is 14.9 Å². The Morgan fingerprint density at radius 1 is 1.15 bits per heavy atom. The first-order valence-corrected chi connectivity index (χ1v) is 11.7. The van der Waals surface area contributed by atoms with Crippen molar-refractivity contribution in [1.29, 1.82) is 0 Å². The van der Waals surface area contributed by atoms with Crippen LogP contribution in [0.15, 0.2) is 59.1 Å². The molecule has 1 atom stereocenters. The number of H-pyrrole nitrogens is 1. The zero-order valence-corrected chi connectivity index (χ0v) is 19.3. The number of nitrogens with zero attached hydrogens (tertiary/aromatic N) is 2. The third-order valence-corrected chi connectivity index (χ3v) is 6.51. The van der Waals surface area contributed by atoms with E-state index in [1.807, 2.05) is 31.2 Å². The minimum atomic E-state index is -0.538. The van der Waals surface area contributed by atoms with Crippen molar-refractivity contribution < 1.29 is 14.3 Å². The standard InChI is InChI=1S/C27H31N3O3/c1-18-6-8-20(9-7-18)21-10-12-30(13-11-21)16-22(31)17-32-26-5-3-4-24-23(26)14-25(29-24)27-28-15-19(2)33-27/h3-9,14-15,21-22,29,31H,10-13,16-17H2,1-2H3/t22-/m0/s1. The molecule has 1 saturated heterocycles. The molecule has 0 aliphatic carbocycles. The number of oxazole rings is 1. The van der Waals surface area contributed by atoms with Crippen LogP contribution < -0.4 is 4.74 Å². The third kappa shape index (κ3) is 4.97. The molecule has 2 aromatic carbocycles. The van der Waals surface area contributed by atoms with Crippen LogP contribution in [0.2, 0.25) is 0 Å². The Labute approximate surface area is 194 Å². The van der Waals surface area contributed by atoms with E-state index in [1.165, 1.54) is 11.1 Å². The molecule has 1 fully saturated rings. The Morgan fingerprint density at radius 2 is 1.94 bits per heavy atom. The zero-order valence-electron chi connectivity index (χ0n) is 19.3. The molecule has 0 spiro atoms. The second kappa shape index (κ2) is 9.41. The van der Waals surface area contributed by atoms with E-state index >= 15 is 0 Å². The van der Waals surface area contributed by atoms with Crippen LogP contribution in [0.4, 0.5) is 0 Å². The SMILES string of the molecule is Cc1ccc(C2CCN(C[C@H](O)COc3cccc4[nH]c(-c5ncc(C)o5)cc34)CC2)cc1. The maximum Gasteiger partial charge on any atom is 0.243 e. The number of piperidine rings is 1. The lowest BCUT2D eigenvalue weighted by Crippen LogP contribution is -2.40. The molecule has 172 valence electrons. The van der Waals surface area contributed by atoms with Crippen molar-refractivity contribution in [2.75, 3.05) is 26.2 Å². The summed E-state index contributed by atoms with van der Waals surface area (Å²) in [5, 5.41) is 11.6. The summed E-state index contributed by atoms with van der Waals surface area (Å²) in [7, 11) is 0. The highest BCUT2D eigenvalue weighted by Crippen LogP contribution is 2.31. The minimum Gasteiger partial charge on any atom is -0.490 e. The first kappa shape index (κ1) is 21.7. The fourth-order valence-corrected chi connectivity index (χ4v) is 4.67. The maximum atomic E-state index is 10.6. The number of aliphatic hydroxyl groups is 1. The minimum absolute atomic E-state index is 0.260. The fourth-order valence-electron chi connectivity index (χ4n) is 4.67. The lowest BCUT2D eigenvalue weighted by atomic mass is 9.89. The van der Waals surface area contributed by atoms with Crippen LogP contribution >= 0.6 is 0 Å². The number of aromatic nitrogens is 2. The number of ether oxygens (including phenoxy) is 1. The van der Waals surface area contributed by atoms with Crippen LogP contribution in [0, 0.1) is 13.8 Å². The third-order valence-electron chi connectivity index (χ3n) is 6.51. The number of aryl methyl sites for hydroxylation is 2. The summed E-state index contributed by atoms with van der Waals surface area (Å²) in [6.45, 7) is 6.90. The van der Waals surface area contributed by atoms with Crippen molar-refractivity contribution in [3.63, 3.8) is 0 Å². The number of β-amino-alcohol motifs (C(OH)–C–C–N with tert-alkyl or cyclic N) is 1. The monoisotopic (exact) mass is 445 g/mol. The van der Waals surface area contributed by atoms with Gasteiger partial charge in [0.2, 0.25) is 5.89 Å². The predicted molar refractivity (Wildman–Crippen MR) is 130 cm³/mol. The van der Waals surface area contributed by atoms with Crippen molar-refractivity contribution in [3.05, 3.63) is 71.6 Å². The number of hydrogen-bond donors (Lipinski definition) is 2. The number of aliphatic hydroxyl groups excluding tert-OH is 1. The average molecular weight is 446 g/mol. The van der Waals surface area contributed by atoms with Crippen molar-refractivity contribution in [2.24, 2.45) is 0 Å². The van der Waals surface area contributed by atoms with E-state index in [2.05, 4.69) is 46.1 Å². The van der Waals surface area contributed by atoms with E-state index < -0.39 is 6.10 Å². The summed E-state index contributed by atoms with van der Waals surface area (Å²) < 4.78 is 11.7. The summed E-state index contributed by atoms with van der Waals surface area (Å²) in [6, 6.07) is 16.8. The highest BCUT2D eigenvalue weighted by Gasteiger charge is 2.22. The Balaban J connectivity index is 1.16. The first-order valence-electron chi connectivity index (χ1n) is 11.7. The van der Waals surface area contributed by atoms with Crippen LogP contribution in [-0.4, -0.2) is 52.3 Å². The van der Waals surface area contributed by atoms with Gasteiger partial charge in [-0.1, -0.05) is 35.9 Å². The molecule has 0 amide bonds. The predicted octanol–water partition coefficient (Wildman–Crippen LogP) is 5.06. The van der Waals surface area contributed by atoms with Gasteiger partial charge >= 0.3 is 0 Å². The van der Waals surface area contributed by atoms with Crippen molar-refractivity contribution in [2.45, 2.75) is 38.7 Å². The molecular weight excluding hydrogens is 414 g/mol. The van der Waals surface area contributed by atoms with Crippen LogP contribution in [0.1, 0.15) is 35.6 Å². The van der Waals surface area contributed by atoms with E-state index in [0.29, 0.717) is 18.4 Å². The smallest absolute Gasteiger partial charge is 0.243 e. The second-order valence-corrected chi connectivity index (χ2v) is 9.13. The average Bonchev–Trinajstić information content (AvgIpc) is 3.45. The number of fused-ring (bicyclic) bond motifs is 1. The number of nitrogens with one attached hydrogen (secondary N) is 1. The summed E-state index contributed by atoms with van der Waals surface area (Å²) in [5.41, 5.74) is 4.50. The maximum absolute atomic E-state index is 10.6. The van der Waals surface area contributed by atoms with Crippen LogP contribution in [-0.2, 0) is 0 Å². The number of hydrogen-bond acceptors (Lipinski definition) is 5. The van der Waals surface area contributed by atoms with E-state index in [-0.39, 0.29) is 6.61 Å². The molecule has 6 heteroatoms. The van der Waals surface area contributed by atoms with Crippen LogP contribution in [0.5, 0.6) is 5.75 Å². The molecule has 0 bridgehead atoms. The Morgan fingerprint density at radius 3 is 2.67 bits per heavy atom. The van der Waals surface area contributed by atoms with Crippen molar-refractivity contribution >= 4 is 10.9 Å². The summed E-state index contributed by atoms with van der Waals surface area (Å²) in [6.07, 6.45) is 3.42. The Kier molecular flexibility index (Phi) is 6.20. The summed E-state index contributed by atoms with van der Waals surface area (Å²) >= 11 is 0. The van der Waals surface area contributed by atoms with Gasteiger partial charge in [0, 0.05) is 17.4 Å². The Bertz CT molecular complexity index is 1200. The lowest BCUT2D eigenvalue weighted by Gasteiger charge is -2.33. The first-order chi connectivity index (χ1) is 16.0. The lowest BCUT2D eigenvalue weighted by molar-refractivity contribution is 0.0599. The number of benzene rings is 2. The molecule has 5 rings (SSSR count). The largest absolute Gasteiger partial charge is 0.490 e. The summed E-state index contributed by atoms with van der Waals surface area (Å²) in [5.74, 6) is 2.69. The molecule has 6 nitrogen and oxygen atoms in total. The summed E-state index contributed by atoms with van der Waals surface area (Å²) in [4.78, 5) is 9.97. The fraction of sp³-hybridized carbons (Fsp3) is 0.370. The number of rotatable bonds is 7. The van der Waals surface area contributed by atoms with E-state index in [1.54, 1.807) is 6.20 Å². The highest BCUT2D eigenvalue weighted by atomic mass is 16.5. The van der Waals surface area contributed by atoms with Gasteiger partial charge in [-0.15, -0.1) is 0 Å². The molecule has 0 radical (unpaired) electrons. The second-order valence-electron chi connectivity index (χ2n) is 9.13. The van der Waals surface area contributed by atoms with Gasteiger partial charge in [0.05, 0.1) is 6.20 Å². The zero-order chi connectivity index (χ0) is 22.8. The quantitative estimate of drug-likeness (QED) is 0.416. The van der Waals surface area contributed by atoms with E-state index in [9.17, 15) is 5.11 Å². The Hall–Kier alpha value is -3.09. The van der Waals surface area contributed by atoms with E-state index in [4.69, 9.17) is 9.15 Å². The van der Waals surface area contributed by atoms with Gasteiger partial charge in [0.15, 0.2) is 0 Å². The highest BCUT2D eigenvalue weighted by molar-refractivity contribution is 5.89. The number of likely N-dealkylation sites (tertiary alicyclic amines) is 1. The normalized spacial score (nSPS) is 16.3. The van der Waals surface area contributed by atoms with Gasteiger partial charge in [-0.2, -0.15) is 0 Å². The molecule has 2 aromatic heterocycles. The molecule has 2 N–H and O–H groups in total. The molecule has 4 aromatic rings. The molecule has 33 heavy (non-hydrogen) atoms. The van der Waals surface area contributed by atoms with Crippen LogP contribution in [0.25, 0.3) is 22.5 Å². The van der Waals surface area contributed by atoms with Gasteiger partial charge in [-0.3, -0.25) is 0 Å². The molecular formula is C27H31N3O3. The molecule has 1 aliphatic heterocycles. The molecule has 0 saturated carbocycles. The van der Waals surface area contributed by atoms with Gasteiger partial charge in [0.1, 0.15) is 29.9 Å². The number of aromatic amines is 1. The molecule has 1 aliphatic rings. The molecule has 0 unspecified atom stereocenters. The van der Waals surface area contributed by atoms with Gasteiger partial charge in [-0.25, -0.2) is 4.98 Å². The van der Waals surface area contributed by atoms with E-state index in [0.717, 1.165) is 54.0 Å². The van der Waals surface area contributed by atoms with Crippen LogP contribution in [0.3, 0.4) is 0 Å².